The number of nitrogens with one attached hydrogen (secondary N) is 3. The van der Waals surface area contributed by atoms with Crippen molar-refractivity contribution in [1.82, 2.24) is 30.3 Å². The molecule has 3 N–H and O–H groups in total. The molecule has 3 aromatic rings. The lowest BCUT2D eigenvalue weighted by Crippen LogP contribution is -2.49. The van der Waals surface area contributed by atoms with E-state index in [2.05, 4.69) is 40.9 Å². The van der Waals surface area contributed by atoms with Crippen LogP contribution in [0.2, 0.25) is 5.02 Å². The van der Waals surface area contributed by atoms with Crippen molar-refractivity contribution < 1.29 is 9.18 Å². The molecule has 11 heteroatoms. The van der Waals surface area contributed by atoms with Gasteiger partial charge in [0.1, 0.15) is 11.6 Å². The number of nitrogens with zero attached hydrogens (tertiary/aromatic N) is 5. The van der Waals surface area contributed by atoms with Crippen molar-refractivity contribution in [2.24, 2.45) is 0 Å². The summed E-state index contributed by atoms with van der Waals surface area (Å²) in [5.41, 5.74) is 2.61. The molecule has 1 aliphatic heterocycles. The normalized spacial score (nSPS) is 14.6. The maximum Gasteiger partial charge on any atom is 0.239 e. The maximum absolute atomic E-state index is 14.3. The molecule has 36 heavy (non-hydrogen) atoms. The Kier molecular flexibility index (Phi) is 8.76. The first-order valence-corrected chi connectivity index (χ1v) is 12.2. The molecular formula is C25H30ClFN8O. The number of anilines is 3. The van der Waals surface area contributed by atoms with Crippen LogP contribution in [0, 0.1) is 12.7 Å². The minimum Gasteiger partial charge on any atom is -0.354 e. The average molecular weight is 513 g/mol. The van der Waals surface area contributed by atoms with Crippen LogP contribution >= 0.6 is 11.6 Å². The highest BCUT2D eigenvalue weighted by Gasteiger charge is 2.19. The molecule has 1 aliphatic rings. The molecule has 190 valence electrons. The van der Waals surface area contributed by atoms with Crippen LogP contribution in [-0.4, -0.2) is 83.7 Å². The number of rotatable bonds is 9. The van der Waals surface area contributed by atoms with Gasteiger partial charge in [-0.25, -0.2) is 9.37 Å². The monoisotopic (exact) mass is 512 g/mol. The fraction of sp³-hybridized carbons (Fsp3) is 0.360. The lowest BCUT2D eigenvalue weighted by atomic mass is 10.1. The van der Waals surface area contributed by atoms with Gasteiger partial charge in [0.15, 0.2) is 0 Å². The summed E-state index contributed by atoms with van der Waals surface area (Å²) in [6.07, 6.45) is 1.61. The number of aromatic nitrogens is 3. The van der Waals surface area contributed by atoms with Gasteiger partial charge in [-0.2, -0.15) is 10.2 Å². The number of halogens is 2. The van der Waals surface area contributed by atoms with Gasteiger partial charge in [-0.1, -0.05) is 11.6 Å². The van der Waals surface area contributed by atoms with Gasteiger partial charge in [-0.05, 0) is 44.3 Å². The molecule has 2 aromatic heterocycles. The number of amides is 1. The fourth-order valence-corrected chi connectivity index (χ4v) is 4.14. The van der Waals surface area contributed by atoms with Gasteiger partial charge < -0.3 is 16.0 Å². The highest BCUT2D eigenvalue weighted by atomic mass is 35.5. The van der Waals surface area contributed by atoms with Crippen molar-refractivity contribution >= 4 is 34.7 Å². The van der Waals surface area contributed by atoms with Crippen LogP contribution in [0.1, 0.15) is 5.69 Å². The highest BCUT2D eigenvalue weighted by molar-refractivity contribution is 6.30. The van der Waals surface area contributed by atoms with Crippen LogP contribution in [0.5, 0.6) is 0 Å². The van der Waals surface area contributed by atoms with Crippen LogP contribution in [0.4, 0.5) is 21.6 Å². The Bertz CT molecular complexity index is 1200. The summed E-state index contributed by atoms with van der Waals surface area (Å²) < 4.78 is 14.3. The van der Waals surface area contributed by atoms with Crippen molar-refractivity contribution in [3.8, 4) is 11.3 Å². The number of likely N-dealkylation sites (N-methyl/N-ethyl adjacent to an activating group) is 1. The third-order valence-electron chi connectivity index (χ3n) is 6.00. The number of carbonyl (C=O) groups is 1. The summed E-state index contributed by atoms with van der Waals surface area (Å²) in [5.74, 6) is -0.0981. The van der Waals surface area contributed by atoms with E-state index in [1.54, 1.807) is 31.3 Å². The molecule has 0 spiro atoms. The van der Waals surface area contributed by atoms with Gasteiger partial charge in [0.2, 0.25) is 5.91 Å². The molecule has 0 radical (unpaired) electrons. The minimum atomic E-state index is -0.434. The second-order valence-corrected chi connectivity index (χ2v) is 9.11. The molecule has 0 saturated carbocycles. The molecule has 0 unspecified atom stereocenters. The number of hydrogen-bond acceptors (Lipinski definition) is 8. The van der Waals surface area contributed by atoms with Gasteiger partial charge in [0, 0.05) is 67.8 Å². The standard InChI is InChI=1S/C25H30ClFN8O/c1-17-22(15-23(33-32-17)20-13-18(26)3-4-21(20)27)30-19-5-6-29-24(14-19)31-25(36)16-35-11-9-34(10-12-35)8-7-28-2/h3-6,13-15,28H,7-12,16H2,1-2H3,(H2,29,30,31,33,36). The third kappa shape index (κ3) is 6.94. The molecule has 0 aliphatic carbocycles. The summed E-state index contributed by atoms with van der Waals surface area (Å²) in [6.45, 7) is 7.72. The van der Waals surface area contributed by atoms with Crippen LogP contribution in [-0.2, 0) is 4.79 Å². The average Bonchev–Trinajstić information content (AvgIpc) is 2.86. The van der Waals surface area contributed by atoms with Gasteiger partial charge in [0.05, 0.1) is 23.6 Å². The zero-order valence-corrected chi connectivity index (χ0v) is 21.1. The van der Waals surface area contributed by atoms with Gasteiger partial charge >= 0.3 is 0 Å². The molecule has 1 aromatic carbocycles. The Balaban J connectivity index is 1.38. The van der Waals surface area contributed by atoms with Crippen molar-refractivity contribution in [2.75, 3.05) is 63.5 Å². The zero-order chi connectivity index (χ0) is 25.5. The van der Waals surface area contributed by atoms with Crippen LogP contribution < -0.4 is 16.0 Å². The first-order valence-electron chi connectivity index (χ1n) is 11.8. The summed E-state index contributed by atoms with van der Waals surface area (Å²) in [4.78, 5) is 21.4. The van der Waals surface area contributed by atoms with E-state index in [1.165, 1.54) is 18.2 Å². The molecule has 0 bridgehead atoms. The Labute approximate surface area is 215 Å². The number of hydrogen-bond donors (Lipinski definition) is 3. The fourth-order valence-electron chi connectivity index (χ4n) is 3.96. The Hall–Kier alpha value is -3.18. The molecule has 0 atom stereocenters. The SMILES string of the molecule is CNCCN1CCN(CC(=O)Nc2cc(Nc3cc(-c4cc(Cl)ccc4F)nnc3C)ccn2)CC1. The lowest BCUT2D eigenvalue weighted by molar-refractivity contribution is -0.117. The molecule has 1 fully saturated rings. The number of benzene rings is 1. The predicted octanol–water partition coefficient (Wildman–Crippen LogP) is 3.16. The van der Waals surface area contributed by atoms with E-state index in [9.17, 15) is 9.18 Å². The van der Waals surface area contributed by atoms with Crippen LogP contribution in [0.3, 0.4) is 0 Å². The van der Waals surface area contributed by atoms with Crippen molar-refractivity contribution in [3.05, 3.63) is 59.1 Å². The van der Waals surface area contributed by atoms with Crippen molar-refractivity contribution in [1.29, 1.82) is 0 Å². The Morgan fingerprint density at radius 3 is 2.64 bits per heavy atom. The van der Waals surface area contributed by atoms with E-state index in [1.807, 2.05) is 7.05 Å². The van der Waals surface area contributed by atoms with Gasteiger partial charge in [0.25, 0.3) is 0 Å². The van der Waals surface area contributed by atoms with E-state index < -0.39 is 5.82 Å². The second kappa shape index (κ2) is 12.2. The van der Waals surface area contributed by atoms with Crippen molar-refractivity contribution in [2.45, 2.75) is 6.92 Å². The van der Waals surface area contributed by atoms with E-state index in [0.717, 1.165) is 39.3 Å². The van der Waals surface area contributed by atoms with E-state index >= 15 is 0 Å². The molecule has 9 nitrogen and oxygen atoms in total. The van der Waals surface area contributed by atoms with E-state index in [-0.39, 0.29) is 11.5 Å². The molecule has 3 heterocycles. The topological polar surface area (TPSA) is 98.3 Å². The number of pyridine rings is 1. The van der Waals surface area contributed by atoms with E-state index in [0.29, 0.717) is 40.1 Å². The van der Waals surface area contributed by atoms with Crippen LogP contribution in [0.15, 0.2) is 42.6 Å². The van der Waals surface area contributed by atoms with Crippen molar-refractivity contribution in [3.63, 3.8) is 0 Å². The Morgan fingerprint density at radius 2 is 1.86 bits per heavy atom. The van der Waals surface area contributed by atoms with E-state index in [4.69, 9.17) is 11.6 Å². The zero-order valence-electron chi connectivity index (χ0n) is 20.4. The molecule has 1 amide bonds. The maximum atomic E-state index is 14.3. The highest BCUT2D eigenvalue weighted by Crippen LogP contribution is 2.28. The predicted molar refractivity (Wildman–Crippen MR) is 140 cm³/mol. The summed E-state index contributed by atoms with van der Waals surface area (Å²) in [7, 11) is 1.95. The van der Waals surface area contributed by atoms with Gasteiger partial charge in [-0.15, -0.1) is 0 Å². The third-order valence-corrected chi connectivity index (χ3v) is 6.23. The summed E-state index contributed by atoms with van der Waals surface area (Å²) >= 11 is 6.03. The second-order valence-electron chi connectivity index (χ2n) is 8.68. The van der Waals surface area contributed by atoms with Gasteiger partial charge in [-0.3, -0.25) is 14.6 Å². The molecule has 4 rings (SSSR count). The number of piperazine rings is 1. The lowest BCUT2D eigenvalue weighted by Gasteiger charge is -2.34. The Morgan fingerprint density at radius 1 is 1.08 bits per heavy atom. The quantitative estimate of drug-likeness (QED) is 0.402. The smallest absolute Gasteiger partial charge is 0.239 e. The number of aryl methyl sites for hydroxylation is 1. The molecular weight excluding hydrogens is 483 g/mol. The molecule has 1 saturated heterocycles. The summed E-state index contributed by atoms with van der Waals surface area (Å²) in [5, 5.41) is 18.0. The first-order chi connectivity index (χ1) is 17.4. The van der Waals surface area contributed by atoms with Crippen LogP contribution in [0.25, 0.3) is 11.3 Å². The largest absolute Gasteiger partial charge is 0.354 e. The first kappa shape index (κ1) is 25.9. The summed E-state index contributed by atoms with van der Waals surface area (Å²) in [6, 6.07) is 9.54. The minimum absolute atomic E-state index is 0.108. The number of carbonyl (C=O) groups excluding carboxylic acids is 1.